The lowest BCUT2D eigenvalue weighted by Crippen LogP contribution is -2.17. The van der Waals surface area contributed by atoms with Crippen molar-refractivity contribution in [3.8, 4) is 0 Å². The Labute approximate surface area is 107 Å². The second kappa shape index (κ2) is 5.69. The molecule has 0 aliphatic heterocycles. The molecule has 0 aromatic carbocycles. The van der Waals surface area contributed by atoms with Crippen LogP contribution in [0.1, 0.15) is 33.5 Å². The molecule has 0 radical (unpaired) electrons. The van der Waals surface area contributed by atoms with Crippen molar-refractivity contribution in [3.63, 3.8) is 0 Å². The molecule has 0 aliphatic rings. The number of nitrogens with zero attached hydrogens (tertiary/aromatic N) is 2. The van der Waals surface area contributed by atoms with Crippen LogP contribution in [0, 0.1) is 0 Å². The van der Waals surface area contributed by atoms with Crippen LogP contribution in [-0.4, -0.2) is 34.0 Å². The third-order valence-electron chi connectivity index (χ3n) is 2.21. The Morgan fingerprint density at radius 1 is 1.41 bits per heavy atom. The van der Waals surface area contributed by atoms with Crippen molar-refractivity contribution in [1.29, 1.82) is 0 Å². The molecule has 1 atom stereocenters. The van der Waals surface area contributed by atoms with Crippen LogP contribution >= 0.6 is 11.8 Å². The highest BCUT2D eigenvalue weighted by atomic mass is 32.2. The van der Waals surface area contributed by atoms with Crippen LogP contribution < -0.4 is 5.32 Å². The summed E-state index contributed by atoms with van der Waals surface area (Å²) in [6.45, 7) is 8.39. The van der Waals surface area contributed by atoms with Crippen molar-refractivity contribution >= 4 is 17.6 Å². The SMILES string of the molecule is CNc1cc(SC(C)CO)nc(C(C)(C)C)n1. The Morgan fingerprint density at radius 2 is 2.06 bits per heavy atom. The summed E-state index contributed by atoms with van der Waals surface area (Å²) in [6.07, 6.45) is 0. The van der Waals surface area contributed by atoms with E-state index in [-0.39, 0.29) is 17.3 Å². The minimum Gasteiger partial charge on any atom is -0.395 e. The zero-order valence-electron chi connectivity index (χ0n) is 11.1. The Bertz CT molecular complexity index is 377. The van der Waals surface area contributed by atoms with Crippen LogP contribution in [0.4, 0.5) is 5.82 Å². The van der Waals surface area contributed by atoms with Crippen molar-refractivity contribution < 1.29 is 5.11 Å². The molecule has 96 valence electrons. The van der Waals surface area contributed by atoms with Crippen molar-refractivity contribution in [1.82, 2.24) is 9.97 Å². The average Bonchev–Trinajstić information content (AvgIpc) is 2.27. The van der Waals surface area contributed by atoms with E-state index in [9.17, 15) is 0 Å². The van der Waals surface area contributed by atoms with E-state index in [1.165, 1.54) is 0 Å². The quantitative estimate of drug-likeness (QED) is 0.638. The van der Waals surface area contributed by atoms with Gasteiger partial charge in [-0.2, -0.15) is 0 Å². The lowest BCUT2D eigenvalue weighted by atomic mass is 9.96. The molecule has 1 rings (SSSR count). The zero-order valence-corrected chi connectivity index (χ0v) is 11.9. The molecule has 0 aliphatic carbocycles. The first-order valence-electron chi connectivity index (χ1n) is 5.71. The van der Waals surface area contributed by atoms with Gasteiger partial charge in [0.15, 0.2) is 0 Å². The first-order chi connectivity index (χ1) is 7.86. The molecule has 0 fully saturated rings. The molecule has 2 N–H and O–H groups in total. The third-order valence-corrected chi connectivity index (χ3v) is 3.21. The fourth-order valence-corrected chi connectivity index (χ4v) is 2.00. The van der Waals surface area contributed by atoms with Crippen molar-refractivity contribution in [2.45, 2.75) is 43.4 Å². The van der Waals surface area contributed by atoms with Gasteiger partial charge in [0.2, 0.25) is 0 Å². The molecular formula is C12H21N3OS. The van der Waals surface area contributed by atoms with E-state index in [0.717, 1.165) is 16.7 Å². The number of hydrogen-bond donors (Lipinski definition) is 2. The number of aliphatic hydroxyl groups is 1. The Kier molecular flexibility index (Phi) is 4.77. The maximum atomic E-state index is 9.07. The van der Waals surface area contributed by atoms with Crippen LogP contribution in [0.25, 0.3) is 0 Å². The molecule has 0 amide bonds. The summed E-state index contributed by atoms with van der Waals surface area (Å²) in [7, 11) is 1.85. The highest BCUT2D eigenvalue weighted by Crippen LogP contribution is 2.26. The third kappa shape index (κ3) is 4.16. The molecule has 1 aromatic heterocycles. The van der Waals surface area contributed by atoms with Gasteiger partial charge in [-0.25, -0.2) is 9.97 Å². The standard InChI is InChI=1S/C12H21N3OS/c1-8(7-16)17-10-6-9(13-5)14-11(15-10)12(2,3)4/h6,8,16H,7H2,1-5H3,(H,13,14,15). The van der Waals surface area contributed by atoms with Gasteiger partial charge in [-0.15, -0.1) is 11.8 Å². The molecule has 5 heteroatoms. The molecule has 0 spiro atoms. The number of aliphatic hydroxyl groups excluding tert-OH is 1. The molecule has 0 saturated heterocycles. The average molecular weight is 255 g/mol. The predicted octanol–water partition coefficient (Wildman–Crippen LogP) is 2.29. The van der Waals surface area contributed by atoms with E-state index in [0.29, 0.717) is 0 Å². The summed E-state index contributed by atoms with van der Waals surface area (Å²) in [4.78, 5) is 9.00. The highest BCUT2D eigenvalue weighted by Gasteiger charge is 2.19. The second-order valence-electron chi connectivity index (χ2n) is 5.03. The largest absolute Gasteiger partial charge is 0.395 e. The van der Waals surface area contributed by atoms with Gasteiger partial charge in [-0.05, 0) is 0 Å². The minimum absolute atomic E-state index is 0.0787. The molecule has 1 heterocycles. The van der Waals surface area contributed by atoms with Gasteiger partial charge in [0.05, 0.1) is 6.61 Å². The van der Waals surface area contributed by atoms with E-state index in [1.807, 2.05) is 20.0 Å². The number of nitrogens with one attached hydrogen (secondary N) is 1. The second-order valence-corrected chi connectivity index (χ2v) is 6.48. The molecule has 17 heavy (non-hydrogen) atoms. The topological polar surface area (TPSA) is 58.0 Å². The van der Waals surface area contributed by atoms with Crippen molar-refractivity contribution in [2.75, 3.05) is 19.0 Å². The summed E-state index contributed by atoms with van der Waals surface area (Å²) in [5.74, 6) is 1.63. The van der Waals surface area contributed by atoms with E-state index >= 15 is 0 Å². The van der Waals surface area contributed by atoms with Gasteiger partial charge >= 0.3 is 0 Å². The van der Waals surface area contributed by atoms with E-state index < -0.39 is 0 Å². The smallest absolute Gasteiger partial charge is 0.137 e. The highest BCUT2D eigenvalue weighted by molar-refractivity contribution is 7.99. The van der Waals surface area contributed by atoms with Crippen LogP contribution in [0.2, 0.25) is 0 Å². The molecule has 1 unspecified atom stereocenters. The first kappa shape index (κ1) is 14.3. The summed E-state index contributed by atoms with van der Waals surface area (Å²) >= 11 is 1.56. The van der Waals surface area contributed by atoms with Gasteiger partial charge in [0, 0.05) is 23.8 Å². The summed E-state index contributed by atoms with van der Waals surface area (Å²) in [6, 6.07) is 1.91. The number of hydrogen-bond acceptors (Lipinski definition) is 5. The molecule has 0 saturated carbocycles. The fourth-order valence-electron chi connectivity index (χ4n) is 1.19. The number of anilines is 1. The van der Waals surface area contributed by atoms with E-state index in [4.69, 9.17) is 5.11 Å². The van der Waals surface area contributed by atoms with Gasteiger partial charge in [-0.1, -0.05) is 27.7 Å². The maximum Gasteiger partial charge on any atom is 0.137 e. The first-order valence-corrected chi connectivity index (χ1v) is 6.59. The lowest BCUT2D eigenvalue weighted by Gasteiger charge is -2.19. The lowest BCUT2D eigenvalue weighted by molar-refractivity contribution is 0.300. The van der Waals surface area contributed by atoms with Crippen LogP contribution in [-0.2, 0) is 5.41 Å². The normalized spacial score (nSPS) is 13.5. The number of aromatic nitrogens is 2. The number of rotatable bonds is 4. The van der Waals surface area contributed by atoms with Crippen LogP contribution in [0.5, 0.6) is 0 Å². The Hall–Kier alpha value is -0.810. The van der Waals surface area contributed by atoms with E-state index in [2.05, 4.69) is 36.1 Å². The molecule has 0 bridgehead atoms. The maximum absolute atomic E-state index is 9.07. The molecule has 1 aromatic rings. The minimum atomic E-state index is -0.0787. The van der Waals surface area contributed by atoms with Crippen molar-refractivity contribution in [2.24, 2.45) is 0 Å². The predicted molar refractivity (Wildman–Crippen MR) is 72.7 cm³/mol. The van der Waals surface area contributed by atoms with Crippen LogP contribution in [0.15, 0.2) is 11.1 Å². The Morgan fingerprint density at radius 3 is 2.53 bits per heavy atom. The number of thioether (sulfide) groups is 1. The van der Waals surface area contributed by atoms with Crippen LogP contribution in [0.3, 0.4) is 0 Å². The van der Waals surface area contributed by atoms with Gasteiger partial charge in [0.1, 0.15) is 16.7 Å². The van der Waals surface area contributed by atoms with Gasteiger partial charge in [-0.3, -0.25) is 0 Å². The molecular weight excluding hydrogens is 234 g/mol. The van der Waals surface area contributed by atoms with Gasteiger partial charge < -0.3 is 10.4 Å². The summed E-state index contributed by atoms with van der Waals surface area (Å²) in [5, 5.41) is 13.2. The van der Waals surface area contributed by atoms with Crippen molar-refractivity contribution in [3.05, 3.63) is 11.9 Å². The Balaban J connectivity index is 3.05. The van der Waals surface area contributed by atoms with E-state index in [1.54, 1.807) is 11.8 Å². The molecule has 4 nitrogen and oxygen atoms in total. The summed E-state index contributed by atoms with van der Waals surface area (Å²) < 4.78 is 0. The zero-order chi connectivity index (χ0) is 13.1. The fraction of sp³-hybridized carbons (Fsp3) is 0.667. The van der Waals surface area contributed by atoms with Gasteiger partial charge in [0.25, 0.3) is 0 Å². The summed E-state index contributed by atoms with van der Waals surface area (Å²) in [5.41, 5.74) is -0.0787. The monoisotopic (exact) mass is 255 g/mol.